The molecule has 0 bridgehead atoms. The zero-order valence-corrected chi connectivity index (χ0v) is 12.5. The lowest BCUT2D eigenvalue weighted by atomic mass is 10.0. The number of alkyl carbamates (subject to hydrolysis) is 1. The number of carbonyl (C=O) groups excluding carboxylic acids is 1. The van der Waals surface area contributed by atoms with Crippen molar-refractivity contribution in [3.8, 4) is 0 Å². The van der Waals surface area contributed by atoms with Crippen molar-refractivity contribution in [2.75, 3.05) is 19.3 Å². The predicted octanol–water partition coefficient (Wildman–Crippen LogP) is -0.0941. The summed E-state index contributed by atoms with van der Waals surface area (Å²) in [7, 11) is -3.31. The van der Waals surface area contributed by atoms with Gasteiger partial charge in [0.15, 0.2) is 0 Å². The molecule has 19 heavy (non-hydrogen) atoms. The van der Waals surface area contributed by atoms with Gasteiger partial charge in [0, 0.05) is 13.1 Å². The molecule has 1 aliphatic heterocycles. The van der Waals surface area contributed by atoms with E-state index in [1.807, 2.05) is 0 Å². The van der Waals surface area contributed by atoms with Crippen LogP contribution >= 0.6 is 0 Å². The first kappa shape index (κ1) is 16.2. The quantitative estimate of drug-likeness (QED) is 0.742. The minimum absolute atomic E-state index is 0.0146. The summed E-state index contributed by atoms with van der Waals surface area (Å²) in [6.07, 6.45) is -0.0881. The number of carbonyl (C=O) groups is 1. The van der Waals surface area contributed by atoms with E-state index in [4.69, 9.17) is 4.74 Å². The maximum Gasteiger partial charge on any atom is 0.407 e. The average Bonchev–Trinajstić information content (AvgIpc) is 2.16. The first-order valence-corrected chi connectivity index (χ1v) is 7.96. The largest absolute Gasteiger partial charge is 0.444 e. The van der Waals surface area contributed by atoms with Crippen molar-refractivity contribution in [3.63, 3.8) is 0 Å². The van der Waals surface area contributed by atoms with E-state index in [1.165, 1.54) is 4.31 Å². The lowest BCUT2D eigenvalue weighted by Gasteiger charge is -2.35. The van der Waals surface area contributed by atoms with E-state index in [0.29, 0.717) is 6.42 Å². The number of nitrogens with one attached hydrogen (secondary N) is 1. The molecule has 0 aliphatic carbocycles. The Balaban J connectivity index is 2.53. The highest BCUT2D eigenvalue weighted by Crippen LogP contribution is 2.15. The van der Waals surface area contributed by atoms with Crippen LogP contribution in [0.4, 0.5) is 4.79 Å². The van der Waals surface area contributed by atoms with Gasteiger partial charge in [-0.3, -0.25) is 0 Å². The van der Waals surface area contributed by atoms with Crippen molar-refractivity contribution >= 4 is 16.1 Å². The fraction of sp³-hybridized carbons (Fsp3) is 0.909. The first-order valence-electron chi connectivity index (χ1n) is 6.12. The van der Waals surface area contributed by atoms with E-state index in [0.717, 1.165) is 6.26 Å². The minimum Gasteiger partial charge on any atom is -0.444 e. The summed E-state index contributed by atoms with van der Waals surface area (Å²) in [6.45, 7) is 5.50. The standard InChI is InChI=1S/C11H22N2O5S/c1-11(2,3)18-10(15)12-8-5-6-13(7-9(8)14)19(4,16)17/h8-9,14H,5-7H2,1-4H3,(H,12,15)/t8-,9+/m1/s1. The monoisotopic (exact) mass is 294 g/mol. The Bertz CT molecular complexity index is 429. The molecule has 2 atom stereocenters. The topological polar surface area (TPSA) is 95.9 Å². The summed E-state index contributed by atoms with van der Waals surface area (Å²) in [4.78, 5) is 11.6. The predicted molar refractivity (Wildman–Crippen MR) is 70.2 cm³/mol. The smallest absolute Gasteiger partial charge is 0.407 e. The molecule has 0 spiro atoms. The first-order chi connectivity index (χ1) is 8.49. The molecule has 1 amide bonds. The summed E-state index contributed by atoms with van der Waals surface area (Å²) >= 11 is 0. The number of rotatable bonds is 2. The maximum atomic E-state index is 11.6. The molecule has 0 radical (unpaired) electrons. The van der Waals surface area contributed by atoms with Gasteiger partial charge in [0.1, 0.15) is 5.60 Å². The van der Waals surface area contributed by atoms with E-state index < -0.39 is 33.9 Å². The van der Waals surface area contributed by atoms with Gasteiger partial charge in [0.25, 0.3) is 0 Å². The molecule has 1 saturated heterocycles. The molecule has 1 rings (SSSR count). The molecule has 0 aromatic rings. The fourth-order valence-corrected chi connectivity index (χ4v) is 2.69. The van der Waals surface area contributed by atoms with Gasteiger partial charge < -0.3 is 15.2 Å². The molecule has 2 N–H and O–H groups in total. The average molecular weight is 294 g/mol. The molecular formula is C11H22N2O5S. The molecule has 1 aliphatic rings. The van der Waals surface area contributed by atoms with Crippen molar-refractivity contribution in [2.45, 2.75) is 44.9 Å². The van der Waals surface area contributed by atoms with Gasteiger partial charge in [-0.1, -0.05) is 0 Å². The van der Waals surface area contributed by atoms with Gasteiger partial charge in [-0.25, -0.2) is 13.2 Å². The lowest BCUT2D eigenvalue weighted by molar-refractivity contribution is 0.0323. The zero-order chi connectivity index (χ0) is 14.8. The number of aliphatic hydroxyl groups is 1. The van der Waals surface area contributed by atoms with Crippen molar-refractivity contribution in [2.24, 2.45) is 0 Å². The van der Waals surface area contributed by atoms with Gasteiger partial charge in [-0.2, -0.15) is 4.31 Å². The van der Waals surface area contributed by atoms with Crippen LogP contribution in [0.1, 0.15) is 27.2 Å². The van der Waals surface area contributed by atoms with E-state index in [2.05, 4.69) is 5.32 Å². The Labute approximate surface area is 114 Å². The molecule has 0 aromatic heterocycles. The number of amides is 1. The maximum absolute atomic E-state index is 11.6. The van der Waals surface area contributed by atoms with Crippen molar-refractivity contribution in [1.82, 2.24) is 9.62 Å². The fourth-order valence-electron chi connectivity index (χ4n) is 1.83. The molecule has 112 valence electrons. The van der Waals surface area contributed by atoms with Gasteiger partial charge in [-0.05, 0) is 27.2 Å². The Morgan fingerprint density at radius 3 is 2.42 bits per heavy atom. The van der Waals surface area contributed by atoms with E-state index in [9.17, 15) is 18.3 Å². The third-order valence-electron chi connectivity index (χ3n) is 2.72. The van der Waals surface area contributed by atoms with Gasteiger partial charge in [-0.15, -0.1) is 0 Å². The van der Waals surface area contributed by atoms with Crippen LogP contribution < -0.4 is 5.32 Å². The summed E-state index contributed by atoms with van der Waals surface area (Å²) in [5.74, 6) is 0. The second-order valence-electron chi connectivity index (χ2n) is 5.73. The lowest BCUT2D eigenvalue weighted by Crippen LogP contribution is -2.55. The second-order valence-corrected chi connectivity index (χ2v) is 7.71. The Morgan fingerprint density at radius 1 is 1.42 bits per heavy atom. The molecule has 0 aromatic carbocycles. The van der Waals surface area contributed by atoms with Crippen LogP contribution in [-0.4, -0.2) is 61.0 Å². The highest BCUT2D eigenvalue weighted by Gasteiger charge is 2.33. The molecule has 1 fully saturated rings. The minimum atomic E-state index is -3.31. The van der Waals surface area contributed by atoms with Crippen LogP contribution in [0.3, 0.4) is 0 Å². The Kier molecular flexibility index (Phi) is 4.81. The van der Waals surface area contributed by atoms with Crippen molar-refractivity contribution < 1.29 is 23.1 Å². The SMILES string of the molecule is CC(C)(C)OC(=O)N[C@@H]1CCN(S(C)(=O)=O)C[C@@H]1O. The zero-order valence-electron chi connectivity index (χ0n) is 11.7. The van der Waals surface area contributed by atoms with Crippen LogP contribution in [-0.2, 0) is 14.8 Å². The normalized spacial score (nSPS) is 25.9. The van der Waals surface area contributed by atoms with Crippen LogP contribution in [0, 0.1) is 0 Å². The third kappa shape index (κ3) is 5.33. The second kappa shape index (κ2) is 5.64. The van der Waals surface area contributed by atoms with Crippen LogP contribution in [0.5, 0.6) is 0 Å². The van der Waals surface area contributed by atoms with E-state index in [1.54, 1.807) is 20.8 Å². The van der Waals surface area contributed by atoms with Gasteiger partial charge >= 0.3 is 6.09 Å². The third-order valence-corrected chi connectivity index (χ3v) is 3.99. The summed E-state index contributed by atoms with van der Waals surface area (Å²) in [6, 6.07) is -0.493. The molecule has 1 heterocycles. The number of piperidine rings is 1. The Morgan fingerprint density at radius 2 is 2.00 bits per heavy atom. The van der Waals surface area contributed by atoms with Crippen LogP contribution in [0.15, 0.2) is 0 Å². The molecule has 7 nitrogen and oxygen atoms in total. The highest BCUT2D eigenvalue weighted by atomic mass is 32.2. The van der Waals surface area contributed by atoms with Crippen molar-refractivity contribution in [1.29, 1.82) is 0 Å². The number of hydrogen-bond donors (Lipinski definition) is 2. The van der Waals surface area contributed by atoms with Crippen LogP contribution in [0.25, 0.3) is 0 Å². The Hall–Kier alpha value is -0.860. The highest BCUT2D eigenvalue weighted by molar-refractivity contribution is 7.88. The number of nitrogens with zero attached hydrogens (tertiary/aromatic N) is 1. The summed E-state index contributed by atoms with van der Waals surface area (Å²) < 4.78 is 29.0. The van der Waals surface area contributed by atoms with Crippen LogP contribution in [0.2, 0.25) is 0 Å². The van der Waals surface area contributed by atoms with E-state index in [-0.39, 0.29) is 13.1 Å². The number of ether oxygens (including phenoxy) is 1. The molecule has 8 heteroatoms. The van der Waals surface area contributed by atoms with Gasteiger partial charge in [0.05, 0.1) is 18.4 Å². The number of sulfonamides is 1. The molecular weight excluding hydrogens is 272 g/mol. The summed E-state index contributed by atoms with van der Waals surface area (Å²) in [5, 5.41) is 12.4. The molecule has 0 saturated carbocycles. The van der Waals surface area contributed by atoms with Crippen molar-refractivity contribution in [3.05, 3.63) is 0 Å². The number of hydrogen-bond acceptors (Lipinski definition) is 5. The van der Waals surface area contributed by atoms with E-state index >= 15 is 0 Å². The summed E-state index contributed by atoms with van der Waals surface area (Å²) in [5.41, 5.74) is -0.609. The molecule has 0 unspecified atom stereocenters. The van der Waals surface area contributed by atoms with Gasteiger partial charge in [0.2, 0.25) is 10.0 Å². The number of aliphatic hydroxyl groups excluding tert-OH is 1. The number of β-amino-alcohol motifs (C(OH)–C–C–N with tert-alkyl or cyclic N) is 1.